The minimum Gasteiger partial charge on any atom is -0.393 e. The lowest BCUT2D eigenvalue weighted by Gasteiger charge is -2.34. The molecular weight excluding hydrogens is 266 g/mol. The molecule has 6 heteroatoms. The lowest BCUT2D eigenvalue weighted by molar-refractivity contribution is 0.0765. The van der Waals surface area contributed by atoms with Crippen LogP contribution in [0.4, 0.5) is 19.3 Å². The zero-order chi connectivity index (χ0) is 14.7. The van der Waals surface area contributed by atoms with Gasteiger partial charge in [-0.3, -0.25) is 0 Å². The molecule has 20 heavy (non-hydrogen) atoms. The normalized spacial score (nSPS) is 20.6. The molecule has 2 amide bonds. The monoisotopic (exact) mass is 284 g/mol. The molecule has 0 aromatic heterocycles. The third-order valence-corrected chi connectivity index (χ3v) is 3.62. The van der Waals surface area contributed by atoms with E-state index in [-0.39, 0.29) is 5.92 Å². The number of piperidine rings is 1. The summed E-state index contributed by atoms with van der Waals surface area (Å²) in [5.41, 5.74) is -0.434. The van der Waals surface area contributed by atoms with Crippen LogP contribution in [-0.4, -0.2) is 35.2 Å². The number of carbonyl (C=O) groups is 1. The van der Waals surface area contributed by atoms with E-state index in [1.807, 2.05) is 0 Å². The smallest absolute Gasteiger partial charge is 0.322 e. The number of aliphatic hydroxyl groups is 1. The first-order chi connectivity index (χ1) is 9.49. The molecule has 1 aromatic rings. The van der Waals surface area contributed by atoms with Gasteiger partial charge < -0.3 is 15.3 Å². The molecule has 0 bridgehead atoms. The Morgan fingerprint density at radius 2 is 2.10 bits per heavy atom. The Bertz CT molecular complexity index is 474. The summed E-state index contributed by atoms with van der Waals surface area (Å²) in [5.74, 6) is -1.61. The maximum Gasteiger partial charge on any atom is 0.322 e. The van der Waals surface area contributed by atoms with E-state index in [1.54, 1.807) is 6.92 Å². The summed E-state index contributed by atoms with van der Waals surface area (Å²) in [5, 5.41) is 11.8. The molecule has 4 nitrogen and oxygen atoms in total. The number of likely N-dealkylation sites (tertiary alicyclic amines) is 1. The van der Waals surface area contributed by atoms with Crippen LogP contribution in [0.2, 0.25) is 0 Å². The number of para-hydroxylation sites is 1. The van der Waals surface area contributed by atoms with Crippen molar-refractivity contribution in [2.45, 2.75) is 25.9 Å². The summed E-state index contributed by atoms with van der Waals surface area (Å²) in [4.78, 5) is 13.5. The number of nitrogens with zero attached hydrogens (tertiary/aromatic N) is 1. The fourth-order valence-electron chi connectivity index (χ4n) is 2.39. The number of benzene rings is 1. The summed E-state index contributed by atoms with van der Waals surface area (Å²) < 4.78 is 26.9. The Balaban J connectivity index is 2.05. The fourth-order valence-corrected chi connectivity index (χ4v) is 2.39. The van der Waals surface area contributed by atoms with Gasteiger partial charge in [0.25, 0.3) is 0 Å². The number of halogens is 2. The van der Waals surface area contributed by atoms with Gasteiger partial charge in [0.05, 0.1) is 6.10 Å². The Morgan fingerprint density at radius 3 is 2.70 bits per heavy atom. The highest BCUT2D eigenvalue weighted by Gasteiger charge is 2.27. The molecule has 1 saturated heterocycles. The fraction of sp³-hybridized carbons (Fsp3) is 0.500. The Labute approximate surface area is 116 Å². The molecule has 110 valence electrons. The van der Waals surface area contributed by atoms with Crippen LogP contribution >= 0.6 is 0 Å². The molecule has 1 fully saturated rings. The molecule has 0 aliphatic carbocycles. The topological polar surface area (TPSA) is 52.6 Å². The first kappa shape index (κ1) is 14.7. The van der Waals surface area contributed by atoms with Crippen LogP contribution in [0, 0.1) is 17.6 Å². The van der Waals surface area contributed by atoms with E-state index in [1.165, 1.54) is 11.0 Å². The third kappa shape index (κ3) is 3.25. The van der Waals surface area contributed by atoms with Crippen molar-refractivity contribution in [3.05, 3.63) is 29.8 Å². The van der Waals surface area contributed by atoms with Gasteiger partial charge in [-0.25, -0.2) is 13.6 Å². The molecule has 0 radical (unpaired) electrons. The van der Waals surface area contributed by atoms with Gasteiger partial charge in [-0.1, -0.05) is 6.07 Å². The summed E-state index contributed by atoms with van der Waals surface area (Å²) in [6.07, 6.45) is 1.11. The van der Waals surface area contributed by atoms with Crippen LogP contribution in [0.5, 0.6) is 0 Å². The maximum absolute atomic E-state index is 13.5. The van der Waals surface area contributed by atoms with E-state index in [9.17, 15) is 18.7 Å². The second-order valence-corrected chi connectivity index (χ2v) is 5.12. The van der Waals surface area contributed by atoms with E-state index in [4.69, 9.17) is 0 Å². The van der Waals surface area contributed by atoms with E-state index >= 15 is 0 Å². The zero-order valence-electron chi connectivity index (χ0n) is 11.3. The average molecular weight is 284 g/mol. The zero-order valence-corrected chi connectivity index (χ0v) is 11.3. The minimum atomic E-state index is -0.803. The second kappa shape index (κ2) is 6.17. The predicted octanol–water partition coefficient (Wildman–Crippen LogP) is 2.59. The van der Waals surface area contributed by atoms with Gasteiger partial charge in [-0.2, -0.15) is 0 Å². The van der Waals surface area contributed by atoms with Crippen molar-refractivity contribution in [1.82, 2.24) is 4.90 Å². The molecule has 2 unspecified atom stereocenters. The molecule has 0 saturated carbocycles. The number of carbonyl (C=O) groups excluding carboxylic acids is 1. The Kier molecular flexibility index (Phi) is 4.54. The number of nitrogens with one attached hydrogen (secondary N) is 1. The van der Waals surface area contributed by atoms with Crippen LogP contribution in [-0.2, 0) is 0 Å². The quantitative estimate of drug-likeness (QED) is 0.877. The number of rotatable bonds is 2. The molecule has 1 aliphatic rings. The largest absolute Gasteiger partial charge is 0.393 e. The number of urea groups is 1. The molecule has 0 spiro atoms. The summed E-state index contributed by atoms with van der Waals surface area (Å²) in [6, 6.07) is 2.88. The van der Waals surface area contributed by atoms with Crippen LogP contribution in [0.1, 0.15) is 19.8 Å². The van der Waals surface area contributed by atoms with Gasteiger partial charge in [0.1, 0.15) is 17.3 Å². The van der Waals surface area contributed by atoms with Crippen molar-refractivity contribution in [2.24, 2.45) is 5.92 Å². The number of hydrogen-bond donors (Lipinski definition) is 2. The maximum atomic E-state index is 13.5. The number of hydrogen-bond acceptors (Lipinski definition) is 2. The van der Waals surface area contributed by atoms with E-state index in [2.05, 4.69) is 5.32 Å². The number of anilines is 1. The van der Waals surface area contributed by atoms with E-state index in [0.29, 0.717) is 13.1 Å². The predicted molar refractivity (Wildman–Crippen MR) is 71.4 cm³/mol. The number of amides is 2. The van der Waals surface area contributed by atoms with E-state index in [0.717, 1.165) is 25.0 Å². The Hall–Kier alpha value is -1.69. The van der Waals surface area contributed by atoms with Crippen molar-refractivity contribution in [2.75, 3.05) is 18.4 Å². The molecule has 1 aliphatic heterocycles. The first-order valence-corrected chi connectivity index (χ1v) is 6.67. The van der Waals surface area contributed by atoms with Crippen LogP contribution in [0.25, 0.3) is 0 Å². The van der Waals surface area contributed by atoms with Gasteiger partial charge in [0.2, 0.25) is 0 Å². The standard InChI is InChI=1S/C14H18F2N2O2/c1-9(19)10-4-3-7-18(8-10)14(20)17-13-11(15)5-2-6-12(13)16/h2,5-6,9-10,19H,3-4,7-8H2,1H3,(H,17,20). The van der Waals surface area contributed by atoms with Crippen molar-refractivity contribution >= 4 is 11.7 Å². The highest BCUT2D eigenvalue weighted by Crippen LogP contribution is 2.22. The highest BCUT2D eigenvalue weighted by molar-refractivity contribution is 5.89. The highest BCUT2D eigenvalue weighted by atomic mass is 19.1. The average Bonchev–Trinajstić information content (AvgIpc) is 2.43. The van der Waals surface area contributed by atoms with Gasteiger partial charge in [-0.05, 0) is 31.9 Å². The summed E-state index contributed by atoms with van der Waals surface area (Å²) in [7, 11) is 0. The molecule has 2 N–H and O–H groups in total. The molecule has 2 atom stereocenters. The van der Waals surface area contributed by atoms with Crippen molar-refractivity contribution in [3.8, 4) is 0 Å². The first-order valence-electron chi connectivity index (χ1n) is 6.67. The molecular formula is C14H18F2N2O2. The van der Waals surface area contributed by atoms with Gasteiger partial charge >= 0.3 is 6.03 Å². The van der Waals surface area contributed by atoms with Crippen LogP contribution < -0.4 is 5.32 Å². The van der Waals surface area contributed by atoms with Crippen LogP contribution in [0.15, 0.2) is 18.2 Å². The SMILES string of the molecule is CC(O)C1CCCN(C(=O)Nc2c(F)cccc2F)C1. The summed E-state index contributed by atoms with van der Waals surface area (Å²) in [6.45, 7) is 2.59. The van der Waals surface area contributed by atoms with Gasteiger partial charge in [0, 0.05) is 19.0 Å². The second-order valence-electron chi connectivity index (χ2n) is 5.12. The van der Waals surface area contributed by atoms with Crippen molar-refractivity contribution < 1.29 is 18.7 Å². The minimum absolute atomic E-state index is 0.0000303. The summed E-state index contributed by atoms with van der Waals surface area (Å²) >= 11 is 0. The lowest BCUT2D eigenvalue weighted by atomic mass is 9.94. The van der Waals surface area contributed by atoms with Crippen molar-refractivity contribution in [3.63, 3.8) is 0 Å². The van der Waals surface area contributed by atoms with Gasteiger partial charge in [-0.15, -0.1) is 0 Å². The number of aliphatic hydroxyl groups excluding tert-OH is 1. The molecule has 1 aromatic carbocycles. The molecule has 1 heterocycles. The third-order valence-electron chi connectivity index (χ3n) is 3.62. The Morgan fingerprint density at radius 1 is 1.45 bits per heavy atom. The van der Waals surface area contributed by atoms with Crippen LogP contribution in [0.3, 0.4) is 0 Å². The molecule has 2 rings (SSSR count). The van der Waals surface area contributed by atoms with Crippen molar-refractivity contribution in [1.29, 1.82) is 0 Å². The van der Waals surface area contributed by atoms with E-state index < -0.39 is 29.5 Å². The lowest BCUT2D eigenvalue weighted by Crippen LogP contribution is -2.45. The van der Waals surface area contributed by atoms with Gasteiger partial charge in [0.15, 0.2) is 0 Å².